The number of aromatic amines is 1. The van der Waals surface area contributed by atoms with Gasteiger partial charge in [0.25, 0.3) is 0 Å². The molecule has 2 heterocycles. The molecule has 170 valence electrons. The van der Waals surface area contributed by atoms with Gasteiger partial charge >= 0.3 is 0 Å². The molecule has 0 spiro atoms. The molecule has 0 saturated carbocycles. The summed E-state index contributed by atoms with van der Waals surface area (Å²) in [4.78, 5) is 12.6. The van der Waals surface area contributed by atoms with E-state index in [1.807, 2.05) is 30.3 Å². The van der Waals surface area contributed by atoms with Gasteiger partial charge in [0.1, 0.15) is 11.6 Å². The molecule has 2 aromatic heterocycles. The van der Waals surface area contributed by atoms with E-state index < -0.39 is 0 Å². The molecular formula is C25H26FN5OS. The topological polar surface area (TPSA) is 99.9 Å². The smallest absolute Gasteiger partial charge is 0.166 e. The maximum absolute atomic E-state index is 13.5. The van der Waals surface area contributed by atoms with Gasteiger partial charge in [-0.3, -0.25) is 0 Å². The minimum absolute atomic E-state index is 0.0794. The zero-order valence-electron chi connectivity index (χ0n) is 18.2. The summed E-state index contributed by atoms with van der Waals surface area (Å²) in [5.41, 5.74) is 10.2. The van der Waals surface area contributed by atoms with Crippen LogP contribution < -0.4 is 11.1 Å². The van der Waals surface area contributed by atoms with Crippen molar-refractivity contribution in [3.63, 3.8) is 0 Å². The molecule has 0 amide bonds. The Kier molecular flexibility index (Phi) is 7.39. The molecule has 4 rings (SSSR count). The normalized spacial score (nSPS) is 13.0. The molecule has 4 aromatic rings. The van der Waals surface area contributed by atoms with E-state index in [4.69, 9.17) is 10.7 Å². The van der Waals surface area contributed by atoms with Crippen molar-refractivity contribution in [3.05, 3.63) is 84.3 Å². The van der Waals surface area contributed by atoms with Crippen molar-refractivity contribution in [2.75, 3.05) is 17.7 Å². The number of aromatic nitrogens is 3. The molecular weight excluding hydrogens is 437 g/mol. The molecule has 0 radical (unpaired) electrons. The highest BCUT2D eigenvalue weighted by molar-refractivity contribution is 7.99. The Morgan fingerprint density at radius 2 is 1.85 bits per heavy atom. The quantitative estimate of drug-likeness (QED) is 0.265. The first-order valence-corrected chi connectivity index (χ1v) is 11.6. The lowest BCUT2D eigenvalue weighted by Crippen LogP contribution is -2.26. The summed E-state index contributed by atoms with van der Waals surface area (Å²) < 4.78 is 13.5. The number of benzene rings is 2. The number of aliphatic hydroxyl groups excluding tert-OH is 1. The number of hydrogen-bond donors (Lipinski definition) is 4. The van der Waals surface area contributed by atoms with Crippen LogP contribution in [0.15, 0.2) is 78.1 Å². The van der Waals surface area contributed by atoms with E-state index in [1.54, 1.807) is 18.3 Å². The van der Waals surface area contributed by atoms with Crippen LogP contribution in [0.2, 0.25) is 0 Å². The van der Waals surface area contributed by atoms with Gasteiger partial charge < -0.3 is 21.1 Å². The van der Waals surface area contributed by atoms with E-state index in [9.17, 15) is 9.50 Å². The summed E-state index contributed by atoms with van der Waals surface area (Å²) in [6, 6.07) is 20.0. The second kappa shape index (κ2) is 10.6. The first kappa shape index (κ1) is 23.0. The summed E-state index contributed by atoms with van der Waals surface area (Å²) in [5.74, 6) is 0.950. The highest BCUT2D eigenvalue weighted by atomic mass is 32.2. The van der Waals surface area contributed by atoms with Gasteiger partial charge in [-0.1, -0.05) is 42.1 Å². The number of nitrogens with two attached hydrogens (primary N) is 1. The van der Waals surface area contributed by atoms with Crippen LogP contribution in [0.1, 0.15) is 18.5 Å². The Morgan fingerprint density at radius 1 is 1.09 bits per heavy atom. The predicted octanol–water partition coefficient (Wildman–Crippen LogP) is 4.86. The van der Waals surface area contributed by atoms with Gasteiger partial charge in [-0.05, 0) is 48.9 Å². The van der Waals surface area contributed by atoms with Gasteiger partial charge in [-0.25, -0.2) is 14.4 Å². The lowest BCUT2D eigenvalue weighted by molar-refractivity contribution is 0.275. The molecule has 2 atom stereocenters. The Morgan fingerprint density at radius 3 is 2.58 bits per heavy atom. The van der Waals surface area contributed by atoms with Crippen molar-refractivity contribution in [1.29, 1.82) is 0 Å². The van der Waals surface area contributed by atoms with Crippen LogP contribution in [0.5, 0.6) is 0 Å². The SMILES string of the molecule is CC(Nc1cc(-c2nc(SCC(N)CO)[nH]c2-c2ccc(F)cc2)ccn1)c1ccccc1. The first-order chi connectivity index (χ1) is 16.0. The van der Waals surface area contributed by atoms with Crippen LogP contribution in [-0.2, 0) is 0 Å². The molecule has 0 fully saturated rings. The highest BCUT2D eigenvalue weighted by Crippen LogP contribution is 2.34. The Hall–Kier alpha value is -3.20. The minimum Gasteiger partial charge on any atom is -0.395 e. The van der Waals surface area contributed by atoms with Crippen LogP contribution in [-0.4, -0.2) is 38.5 Å². The van der Waals surface area contributed by atoms with E-state index in [2.05, 4.69) is 34.3 Å². The average molecular weight is 464 g/mol. The number of nitrogens with one attached hydrogen (secondary N) is 2. The fraction of sp³-hybridized carbons (Fsp3) is 0.200. The Labute approximate surface area is 196 Å². The van der Waals surface area contributed by atoms with Crippen LogP contribution in [0.3, 0.4) is 0 Å². The molecule has 33 heavy (non-hydrogen) atoms. The number of H-pyrrole nitrogens is 1. The maximum atomic E-state index is 13.5. The molecule has 5 N–H and O–H groups in total. The molecule has 2 aromatic carbocycles. The minimum atomic E-state index is -0.339. The molecule has 0 aliphatic carbocycles. The number of thioether (sulfide) groups is 1. The van der Waals surface area contributed by atoms with Gasteiger partial charge in [-0.15, -0.1) is 0 Å². The van der Waals surface area contributed by atoms with E-state index >= 15 is 0 Å². The number of imidazole rings is 1. The first-order valence-electron chi connectivity index (χ1n) is 10.7. The van der Waals surface area contributed by atoms with Crippen molar-refractivity contribution >= 4 is 17.6 Å². The third-order valence-corrected chi connectivity index (χ3v) is 6.24. The summed E-state index contributed by atoms with van der Waals surface area (Å²) in [7, 11) is 0. The summed E-state index contributed by atoms with van der Waals surface area (Å²) >= 11 is 1.44. The van der Waals surface area contributed by atoms with Crippen molar-refractivity contribution in [3.8, 4) is 22.5 Å². The van der Waals surface area contributed by atoms with Gasteiger partial charge in [0, 0.05) is 35.2 Å². The largest absolute Gasteiger partial charge is 0.395 e. The third kappa shape index (κ3) is 5.78. The molecule has 2 unspecified atom stereocenters. The van der Waals surface area contributed by atoms with Crippen LogP contribution >= 0.6 is 11.8 Å². The van der Waals surface area contributed by atoms with Gasteiger partial charge in [0.15, 0.2) is 5.16 Å². The maximum Gasteiger partial charge on any atom is 0.166 e. The van der Waals surface area contributed by atoms with Crippen LogP contribution in [0.25, 0.3) is 22.5 Å². The molecule has 0 aliphatic rings. The van der Waals surface area contributed by atoms with E-state index in [-0.39, 0.29) is 24.5 Å². The third-order valence-electron chi connectivity index (χ3n) is 5.18. The number of halogens is 1. The zero-order valence-corrected chi connectivity index (χ0v) is 19.0. The average Bonchev–Trinajstić information content (AvgIpc) is 3.28. The summed E-state index contributed by atoms with van der Waals surface area (Å²) in [6.45, 7) is 1.99. The lowest BCUT2D eigenvalue weighted by Gasteiger charge is -2.15. The number of pyridine rings is 1. The highest BCUT2D eigenvalue weighted by Gasteiger charge is 2.17. The molecule has 0 aliphatic heterocycles. The zero-order chi connectivity index (χ0) is 23.2. The Balaban J connectivity index is 1.66. The van der Waals surface area contributed by atoms with Crippen LogP contribution in [0.4, 0.5) is 10.2 Å². The van der Waals surface area contributed by atoms with Crippen molar-refractivity contribution in [2.45, 2.75) is 24.2 Å². The van der Waals surface area contributed by atoms with Crippen molar-refractivity contribution < 1.29 is 9.50 Å². The standard InChI is InChI=1S/C25H26FN5OS/c1-16(17-5-3-2-4-6-17)29-22-13-19(11-12-28-22)24-23(18-7-9-20(26)10-8-18)30-25(31-24)33-15-21(27)14-32/h2-13,16,21,32H,14-15,27H2,1H3,(H,28,29)(H,30,31). The number of hydrogen-bond acceptors (Lipinski definition) is 6. The molecule has 8 heteroatoms. The monoisotopic (exact) mass is 463 g/mol. The second-order valence-corrected chi connectivity index (χ2v) is 8.74. The van der Waals surface area contributed by atoms with Gasteiger partial charge in [-0.2, -0.15) is 0 Å². The van der Waals surface area contributed by atoms with Crippen LogP contribution in [0, 0.1) is 5.82 Å². The molecule has 0 saturated heterocycles. The lowest BCUT2D eigenvalue weighted by atomic mass is 10.1. The summed E-state index contributed by atoms with van der Waals surface area (Å²) in [6.07, 6.45) is 1.74. The number of nitrogens with zero attached hydrogens (tertiary/aromatic N) is 2. The van der Waals surface area contributed by atoms with Crippen molar-refractivity contribution in [1.82, 2.24) is 15.0 Å². The number of anilines is 1. The fourth-order valence-electron chi connectivity index (χ4n) is 3.40. The van der Waals surface area contributed by atoms with E-state index in [0.717, 1.165) is 33.9 Å². The second-order valence-electron chi connectivity index (χ2n) is 7.73. The number of aliphatic hydroxyl groups is 1. The van der Waals surface area contributed by atoms with Crippen molar-refractivity contribution in [2.24, 2.45) is 5.73 Å². The molecule has 0 bridgehead atoms. The van der Waals surface area contributed by atoms with Gasteiger partial charge in [0.05, 0.1) is 18.0 Å². The van der Waals surface area contributed by atoms with E-state index in [0.29, 0.717) is 10.9 Å². The Bertz CT molecular complexity index is 1180. The van der Waals surface area contributed by atoms with Gasteiger partial charge in [0.2, 0.25) is 0 Å². The van der Waals surface area contributed by atoms with E-state index in [1.165, 1.54) is 23.9 Å². The summed E-state index contributed by atoms with van der Waals surface area (Å²) in [5, 5.41) is 13.3. The fourth-order valence-corrected chi connectivity index (χ4v) is 4.20. The predicted molar refractivity (Wildman–Crippen MR) is 131 cm³/mol. The number of rotatable bonds is 9. The molecule has 6 nitrogen and oxygen atoms in total.